The van der Waals surface area contributed by atoms with Crippen LogP contribution in [0.4, 0.5) is 0 Å². The highest BCUT2D eigenvalue weighted by atomic mass is 16.5. The fraction of sp³-hybridized carbons (Fsp3) is 0.917. The molecule has 21 heavy (non-hydrogen) atoms. The standard InChI is InChI=1S/C12H23N5O4/c1-2-20-11-9-10(15-12(13)16-11)17(5-14-9)8-3-6(19)7(4-18)21-8/h6-11,14,18-19H,2-5H2,1H3,(H3,13,15,16)/t6?,7-,8-,9?,10?,11?/m1/s1. The van der Waals surface area contributed by atoms with E-state index >= 15 is 0 Å². The van der Waals surface area contributed by atoms with E-state index in [1.807, 2.05) is 11.8 Å². The zero-order chi connectivity index (χ0) is 15.0. The Morgan fingerprint density at radius 1 is 1.57 bits per heavy atom. The maximum Gasteiger partial charge on any atom is 0.192 e. The maximum absolute atomic E-state index is 9.88. The van der Waals surface area contributed by atoms with Gasteiger partial charge in [0.25, 0.3) is 0 Å². The van der Waals surface area contributed by atoms with E-state index in [4.69, 9.17) is 15.2 Å². The molecule has 2 saturated heterocycles. The minimum atomic E-state index is -0.656. The summed E-state index contributed by atoms with van der Waals surface area (Å²) in [4.78, 5) is 6.30. The van der Waals surface area contributed by atoms with Crippen LogP contribution in [0.3, 0.4) is 0 Å². The van der Waals surface area contributed by atoms with Crippen LogP contribution in [0.2, 0.25) is 0 Å². The minimum Gasteiger partial charge on any atom is -0.394 e. The second-order valence-corrected chi connectivity index (χ2v) is 5.47. The van der Waals surface area contributed by atoms with E-state index in [2.05, 4.69) is 15.6 Å². The molecule has 0 aromatic rings. The van der Waals surface area contributed by atoms with E-state index in [-0.39, 0.29) is 31.3 Å². The van der Waals surface area contributed by atoms with Crippen molar-refractivity contribution >= 4 is 5.96 Å². The predicted octanol–water partition coefficient (Wildman–Crippen LogP) is -2.71. The molecule has 6 atom stereocenters. The number of aliphatic hydroxyl groups excluding tert-OH is 2. The highest BCUT2D eigenvalue weighted by molar-refractivity contribution is 5.79. The quantitative estimate of drug-likeness (QED) is 0.380. The van der Waals surface area contributed by atoms with Crippen molar-refractivity contribution in [1.82, 2.24) is 15.5 Å². The van der Waals surface area contributed by atoms with E-state index in [1.54, 1.807) is 0 Å². The summed E-state index contributed by atoms with van der Waals surface area (Å²) >= 11 is 0. The van der Waals surface area contributed by atoms with E-state index in [0.29, 0.717) is 25.7 Å². The van der Waals surface area contributed by atoms with Crippen molar-refractivity contribution < 1.29 is 19.7 Å². The van der Waals surface area contributed by atoms with Gasteiger partial charge in [-0.15, -0.1) is 0 Å². The lowest BCUT2D eigenvalue weighted by Crippen LogP contribution is -2.61. The van der Waals surface area contributed by atoms with Gasteiger partial charge in [-0.3, -0.25) is 5.32 Å². The molecule has 0 aromatic carbocycles. The molecule has 2 fully saturated rings. The van der Waals surface area contributed by atoms with E-state index in [9.17, 15) is 10.2 Å². The molecule has 4 unspecified atom stereocenters. The van der Waals surface area contributed by atoms with Crippen LogP contribution in [0.25, 0.3) is 0 Å². The lowest BCUT2D eigenvalue weighted by atomic mass is 10.1. The maximum atomic E-state index is 9.88. The SMILES string of the molecule is CCOC1N=C(N)NC2C1NCN2[C@H]1CC(O)[C@@H](CO)O1. The van der Waals surface area contributed by atoms with Crippen LogP contribution in [0.5, 0.6) is 0 Å². The lowest BCUT2D eigenvalue weighted by molar-refractivity contribution is -0.0891. The molecule has 3 aliphatic heterocycles. The first kappa shape index (κ1) is 14.9. The van der Waals surface area contributed by atoms with E-state index in [0.717, 1.165) is 0 Å². The first-order valence-corrected chi connectivity index (χ1v) is 7.29. The zero-order valence-corrected chi connectivity index (χ0v) is 12.0. The van der Waals surface area contributed by atoms with Crippen LogP contribution >= 0.6 is 0 Å². The van der Waals surface area contributed by atoms with Crippen LogP contribution in [-0.2, 0) is 9.47 Å². The van der Waals surface area contributed by atoms with Gasteiger partial charge in [0.1, 0.15) is 18.5 Å². The third-order valence-corrected chi connectivity index (χ3v) is 4.17. The molecule has 9 heteroatoms. The zero-order valence-electron chi connectivity index (χ0n) is 12.0. The predicted molar refractivity (Wildman–Crippen MR) is 74.0 cm³/mol. The molecule has 0 amide bonds. The third-order valence-electron chi connectivity index (χ3n) is 4.17. The van der Waals surface area contributed by atoms with Crippen LogP contribution in [0, 0.1) is 0 Å². The summed E-state index contributed by atoms with van der Waals surface area (Å²) in [5, 5.41) is 25.5. The number of nitrogens with two attached hydrogens (primary N) is 1. The Labute approximate surface area is 123 Å². The Bertz CT molecular complexity index is 409. The monoisotopic (exact) mass is 301 g/mol. The van der Waals surface area contributed by atoms with Crippen molar-refractivity contribution in [3.8, 4) is 0 Å². The van der Waals surface area contributed by atoms with Crippen LogP contribution in [-0.4, -0.2) is 77.8 Å². The second-order valence-electron chi connectivity index (χ2n) is 5.47. The Balaban J connectivity index is 1.71. The van der Waals surface area contributed by atoms with Gasteiger partial charge in [0.05, 0.1) is 25.4 Å². The fourth-order valence-electron chi connectivity index (χ4n) is 3.14. The van der Waals surface area contributed by atoms with Crippen LogP contribution < -0.4 is 16.4 Å². The molecule has 3 aliphatic rings. The van der Waals surface area contributed by atoms with Gasteiger partial charge in [0.15, 0.2) is 12.2 Å². The molecule has 6 N–H and O–H groups in total. The van der Waals surface area contributed by atoms with Crippen molar-refractivity contribution in [1.29, 1.82) is 0 Å². The molecule has 120 valence electrons. The summed E-state index contributed by atoms with van der Waals surface area (Å²) in [6, 6.07) is -0.0360. The first-order valence-electron chi connectivity index (χ1n) is 7.29. The van der Waals surface area contributed by atoms with Crippen LogP contribution in [0.15, 0.2) is 4.99 Å². The van der Waals surface area contributed by atoms with Crippen molar-refractivity contribution in [2.75, 3.05) is 19.9 Å². The van der Waals surface area contributed by atoms with E-state index < -0.39 is 12.2 Å². The molecule has 3 heterocycles. The normalized spacial score (nSPS) is 43.5. The van der Waals surface area contributed by atoms with Gasteiger partial charge in [0.2, 0.25) is 0 Å². The Morgan fingerprint density at radius 2 is 2.38 bits per heavy atom. The lowest BCUT2D eigenvalue weighted by Gasteiger charge is -2.36. The average Bonchev–Trinajstić information content (AvgIpc) is 3.02. The molecule has 0 aromatic heterocycles. The number of aliphatic hydroxyl groups is 2. The molecule has 0 aliphatic carbocycles. The van der Waals surface area contributed by atoms with Gasteiger partial charge >= 0.3 is 0 Å². The van der Waals surface area contributed by atoms with Gasteiger partial charge in [-0.2, -0.15) is 0 Å². The molecule has 9 nitrogen and oxygen atoms in total. The minimum absolute atomic E-state index is 0.0360. The molecular weight excluding hydrogens is 278 g/mol. The molecule has 3 rings (SSSR count). The molecule has 0 radical (unpaired) electrons. The van der Waals surface area contributed by atoms with Crippen LogP contribution in [0.1, 0.15) is 13.3 Å². The number of rotatable bonds is 4. The topological polar surface area (TPSA) is 125 Å². The molecule has 0 spiro atoms. The van der Waals surface area contributed by atoms with Crippen molar-refractivity contribution in [2.24, 2.45) is 10.7 Å². The van der Waals surface area contributed by atoms with E-state index in [1.165, 1.54) is 0 Å². The summed E-state index contributed by atoms with van der Waals surface area (Å²) in [6.45, 7) is 2.85. The highest BCUT2D eigenvalue weighted by Crippen LogP contribution is 2.28. The van der Waals surface area contributed by atoms with Gasteiger partial charge in [-0.1, -0.05) is 0 Å². The number of hydrogen-bond donors (Lipinski definition) is 5. The number of hydrogen-bond acceptors (Lipinski definition) is 9. The number of nitrogens with one attached hydrogen (secondary N) is 2. The largest absolute Gasteiger partial charge is 0.394 e. The summed E-state index contributed by atoms with van der Waals surface area (Å²) in [6.07, 6.45) is -1.48. The molecular formula is C12H23N5O4. The summed E-state index contributed by atoms with van der Waals surface area (Å²) < 4.78 is 11.3. The van der Waals surface area contributed by atoms with Gasteiger partial charge < -0.3 is 30.7 Å². The number of guanidine groups is 1. The van der Waals surface area contributed by atoms with Crippen molar-refractivity contribution in [2.45, 2.75) is 50.2 Å². The third kappa shape index (κ3) is 2.72. The van der Waals surface area contributed by atoms with Crippen molar-refractivity contribution in [3.63, 3.8) is 0 Å². The van der Waals surface area contributed by atoms with Gasteiger partial charge in [-0.25, -0.2) is 9.89 Å². The molecule has 0 saturated carbocycles. The fourth-order valence-corrected chi connectivity index (χ4v) is 3.14. The average molecular weight is 301 g/mol. The second kappa shape index (κ2) is 6.03. The number of fused-ring (bicyclic) bond motifs is 1. The molecule has 0 bridgehead atoms. The van der Waals surface area contributed by atoms with Gasteiger partial charge in [0, 0.05) is 13.0 Å². The Kier molecular flexibility index (Phi) is 4.29. The summed E-state index contributed by atoms with van der Waals surface area (Å²) in [5.41, 5.74) is 5.83. The Hall–Kier alpha value is -0.970. The number of nitrogens with zero attached hydrogens (tertiary/aromatic N) is 2. The van der Waals surface area contributed by atoms with Gasteiger partial charge in [-0.05, 0) is 6.92 Å². The summed E-state index contributed by atoms with van der Waals surface area (Å²) in [5.74, 6) is 0.334. The number of ether oxygens (including phenoxy) is 2. The van der Waals surface area contributed by atoms with Crippen molar-refractivity contribution in [3.05, 3.63) is 0 Å². The number of aliphatic imine (C=N–C) groups is 1. The highest BCUT2D eigenvalue weighted by Gasteiger charge is 2.48. The first-order chi connectivity index (χ1) is 10.1. The Morgan fingerprint density at radius 3 is 3.05 bits per heavy atom. The summed E-state index contributed by atoms with van der Waals surface area (Å²) in [7, 11) is 0. The smallest absolute Gasteiger partial charge is 0.192 e.